The highest BCUT2D eigenvalue weighted by Gasteiger charge is 2.55. The molecule has 1 aromatic rings. The number of esters is 4. The molecule has 0 saturated carbocycles. The minimum absolute atomic E-state index is 0.0595. The first-order valence-electron chi connectivity index (χ1n) is 8.83. The lowest BCUT2D eigenvalue weighted by Gasteiger charge is -2.43. The summed E-state index contributed by atoms with van der Waals surface area (Å²) >= 11 is 0. The molecule has 0 amide bonds. The third-order valence-corrected chi connectivity index (χ3v) is 3.94. The standard InChI is InChI=1S/C19H22O11/c1-9(20)26-14-15(27-10(2)21)17(28-11(3)22)19(30-16(14)18(24)25-4)29-13-8-6-5-7-12(13)23/h5-8,14-17,19,23H,1-4H3/t14-,15-,16-,17+,19+/m0/s1. The second kappa shape index (κ2) is 9.92. The van der Waals surface area contributed by atoms with Crippen LogP contribution in [0.5, 0.6) is 11.5 Å². The first kappa shape index (κ1) is 22.9. The molecule has 11 nitrogen and oxygen atoms in total. The second-order valence-corrected chi connectivity index (χ2v) is 6.26. The Hall–Kier alpha value is -3.34. The molecule has 1 N–H and O–H groups in total. The van der Waals surface area contributed by atoms with Crippen LogP contribution in [0.15, 0.2) is 24.3 Å². The molecule has 0 spiro atoms. The van der Waals surface area contributed by atoms with Crippen molar-refractivity contribution in [1.29, 1.82) is 0 Å². The van der Waals surface area contributed by atoms with E-state index in [4.69, 9.17) is 23.7 Å². The van der Waals surface area contributed by atoms with Crippen LogP contribution < -0.4 is 4.74 Å². The van der Waals surface area contributed by atoms with Crippen LogP contribution in [0.2, 0.25) is 0 Å². The molecular formula is C19H22O11. The normalized spacial score (nSPS) is 25.5. The minimum Gasteiger partial charge on any atom is -0.504 e. The van der Waals surface area contributed by atoms with Gasteiger partial charge >= 0.3 is 23.9 Å². The summed E-state index contributed by atoms with van der Waals surface area (Å²) in [6, 6.07) is 5.84. The number of hydrogen-bond donors (Lipinski definition) is 1. The molecule has 0 aliphatic carbocycles. The van der Waals surface area contributed by atoms with Crippen LogP contribution in [-0.2, 0) is 42.9 Å². The van der Waals surface area contributed by atoms with Crippen molar-refractivity contribution in [3.05, 3.63) is 24.3 Å². The zero-order chi connectivity index (χ0) is 22.4. The van der Waals surface area contributed by atoms with Crippen LogP contribution >= 0.6 is 0 Å². The van der Waals surface area contributed by atoms with E-state index in [2.05, 4.69) is 4.74 Å². The molecule has 1 aliphatic heterocycles. The average Bonchev–Trinajstić information content (AvgIpc) is 2.66. The Balaban J connectivity index is 2.51. The molecule has 1 aromatic carbocycles. The first-order valence-corrected chi connectivity index (χ1v) is 8.83. The molecule has 0 radical (unpaired) electrons. The predicted octanol–water partition coefficient (Wildman–Crippen LogP) is 0.464. The third kappa shape index (κ3) is 5.60. The zero-order valence-corrected chi connectivity index (χ0v) is 16.7. The second-order valence-electron chi connectivity index (χ2n) is 6.26. The van der Waals surface area contributed by atoms with Gasteiger partial charge in [-0.05, 0) is 12.1 Å². The summed E-state index contributed by atoms with van der Waals surface area (Å²) in [5, 5.41) is 9.98. The van der Waals surface area contributed by atoms with Crippen LogP contribution in [0, 0.1) is 0 Å². The Morgan fingerprint density at radius 1 is 0.867 bits per heavy atom. The third-order valence-electron chi connectivity index (χ3n) is 3.94. The molecule has 1 saturated heterocycles. The van der Waals surface area contributed by atoms with Crippen LogP contribution in [0.1, 0.15) is 20.8 Å². The number of carbonyl (C=O) groups excluding carboxylic acids is 4. The van der Waals surface area contributed by atoms with E-state index in [9.17, 15) is 24.3 Å². The number of aromatic hydroxyl groups is 1. The summed E-state index contributed by atoms with van der Waals surface area (Å²) in [6.07, 6.45) is -7.51. The monoisotopic (exact) mass is 426 g/mol. The van der Waals surface area contributed by atoms with Crippen molar-refractivity contribution in [3.8, 4) is 11.5 Å². The molecule has 1 fully saturated rings. The molecule has 1 aliphatic rings. The minimum atomic E-state index is -1.58. The highest BCUT2D eigenvalue weighted by molar-refractivity contribution is 5.77. The van der Waals surface area contributed by atoms with Crippen molar-refractivity contribution in [2.24, 2.45) is 0 Å². The molecule has 11 heteroatoms. The van der Waals surface area contributed by atoms with Gasteiger partial charge in [0, 0.05) is 20.8 Å². The lowest BCUT2D eigenvalue weighted by Crippen LogP contribution is -2.64. The van der Waals surface area contributed by atoms with Gasteiger partial charge in [0.25, 0.3) is 0 Å². The molecule has 2 rings (SSSR count). The number of phenols is 1. The Morgan fingerprint density at radius 3 is 1.93 bits per heavy atom. The molecule has 30 heavy (non-hydrogen) atoms. The number of methoxy groups -OCH3 is 1. The highest BCUT2D eigenvalue weighted by Crippen LogP contribution is 2.33. The fourth-order valence-corrected chi connectivity index (χ4v) is 2.86. The van der Waals surface area contributed by atoms with Crippen molar-refractivity contribution in [2.45, 2.75) is 51.5 Å². The van der Waals surface area contributed by atoms with Gasteiger partial charge in [0.1, 0.15) is 0 Å². The van der Waals surface area contributed by atoms with Crippen molar-refractivity contribution >= 4 is 23.9 Å². The van der Waals surface area contributed by atoms with E-state index in [0.717, 1.165) is 27.9 Å². The number of para-hydroxylation sites is 2. The predicted molar refractivity (Wildman–Crippen MR) is 96.1 cm³/mol. The number of hydrogen-bond acceptors (Lipinski definition) is 11. The average molecular weight is 426 g/mol. The maximum absolute atomic E-state index is 12.3. The van der Waals surface area contributed by atoms with Gasteiger partial charge in [-0.15, -0.1) is 0 Å². The molecule has 0 aromatic heterocycles. The van der Waals surface area contributed by atoms with E-state index in [1.807, 2.05) is 0 Å². The van der Waals surface area contributed by atoms with Crippen molar-refractivity contribution in [2.75, 3.05) is 7.11 Å². The Labute approximate surface area is 171 Å². The fraction of sp³-hybridized carbons (Fsp3) is 0.474. The SMILES string of the molecule is COC(=O)[C@H]1O[C@@H](Oc2ccccc2O)[C@H](OC(C)=O)[C@@H](OC(C)=O)[C@@H]1OC(C)=O. The molecule has 5 atom stereocenters. The van der Waals surface area contributed by atoms with E-state index in [-0.39, 0.29) is 11.5 Å². The van der Waals surface area contributed by atoms with Crippen LogP contribution in [0.4, 0.5) is 0 Å². The molecule has 1 heterocycles. The van der Waals surface area contributed by atoms with Crippen LogP contribution in [-0.4, -0.2) is 66.8 Å². The van der Waals surface area contributed by atoms with Gasteiger partial charge < -0.3 is 33.5 Å². The Kier molecular flexibility index (Phi) is 7.59. The van der Waals surface area contributed by atoms with Crippen molar-refractivity contribution in [1.82, 2.24) is 0 Å². The largest absolute Gasteiger partial charge is 0.504 e. The van der Waals surface area contributed by atoms with Crippen LogP contribution in [0.3, 0.4) is 0 Å². The van der Waals surface area contributed by atoms with Gasteiger partial charge in [-0.1, -0.05) is 12.1 Å². The zero-order valence-electron chi connectivity index (χ0n) is 16.7. The number of phenolic OH excluding ortho intramolecular Hbond substituents is 1. The maximum atomic E-state index is 12.3. The summed E-state index contributed by atoms with van der Waals surface area (Å²) in [5.74, 6) is -3.67. The summed E-state index contributed by atoms with van der Waals surface area (Å²) < 4.78 is 31.4. The smallest absolute Gasteiger partial charge is 0.339 e. The van der Waals surface area contributed by atoms with Gasteiger partial charge in [0.05, 0.1) is 7.11 Å². The lowest BCUT2D eigenvalue weighted by molar-refractivity contribution is -0.282. The summed E-state index contributed by atoms with van der Waals surface area (Å²) in [6.45, 7) is 3.25. The van der Waals surface area contributed by atoms with E-state index in [0.29, 0.717) is 0 Å². The van der Waals surface area contributed by atoms with E-state index in [1.54, 1.807) is 12.1 Å². The van der Waals surface area contributed by atoms with Crippen molar-refractivity contribution in [3.63, 3.8) is 0 Å². The van der Waals surface area contributed by atoms with Gasteiger partial charge in [-0.25, -0.2) is 4.79 Å². The number of ether oxygens (including phenoxy) is 6. The van der Waals surface area contributed by atoms with Gasteiger partial charge in [0.15, 0.2) is 29.8 Å². The van der Waals surface area contributed by atoms with Crippen molar-refractivity contribution < 1.29 is 52.7 Å². The molecule has 0 unspecified atom stereocenters. The lowest BCUT2D eigenvalue weighted by atomic mass is 9.97. The fourth-order valence-electron chi connectivity index (χ4n) is 2.86. The maximum Gasteiger partial charge on any atom is 0.339 e. The van der Waals surface area contributed by atoms with Gasteiger partial charge in [0.2, 0.25) is 12.4 Å². The first-order chi connectivity index (χ1) is 14.1. The van der Waals surface area contributed by atoms with E-state index < -0.39 is 54.6 Å². The summed E-state index contributed by atoms with van der Waals surface area (Å²) in [4.78, 5) is 47.3. The number of rotatable bonds is 6. The molecule has 164 valence electrons. The topological polar surface area (TPSA) is 144 Å². The quantitative estimate of drug-likeness (QED) is 0.500. The van der Waals surface area contributed by atoms with Crippen LogP contribution in [0.25, 0.3) is 0 Å². The molecular weight excluding hydrogens is 404 g/mol. The Bertz CT molecular complexity index is 805. The summed E-state index contributed by atoms with van der Waals surface area (Å²) in [7, 11) is 1.08. The van der Waals surface area contributed by atoms with Gasteiger partial charge in [-0.2, -0.15) is 0 Å². The number of benzene rings is 1. The van der Waals surface area contributed by atoms with E-state index >= 15 is 0 Å². The molecule has 0 bridgehead atoms. The van der Waals surface area contributed by atoms with E-state index in [1.165, 1.54) is 12.1 Å². The number of carbonyl (C=O) groups is 4. The highest BCUT2D eigenvalue weighted by atomic mass is 16.7. The van der Waals surface area contributed by atoms with Gasteiger partial charge in [-0.3, -0.25) is 14.4 Å². The summed E-state index contributed by atoms with van der Waals surface area (Å²) in [5.41, 5.74) is 0. The Morgan fingerprint density at radius 2 is 1.40 bits per heavy atom.